The molecule has 0 aromatic carbocycles. The predicted molar refractivity (Wildman–Crippen MR) is 51.7 cm³/mol. The van der Waals surface area contributed by atoms with Crippen molar-refractivity contribution in [2.75, 3.05) is 13.7 Å². The highest BCUT2D eigenvalue weighted by atomic mass is 16.5. The molecule has 14 heavy (non-hydrogen) atoms. The maximum atomic E-state index is 5.95. The average molecular weight is 199 g/mol. The standard InChI is InChI=1S/C9H17N3O2/c1-4-5-7-11-8(12-14-7)9(2,10)6-13-3/h4-6,10H2,1-3H3. The molecule has 0 aliphatic rings. The van der Waals surface area contributed by atoms with E-state index in [4.69, 9.17) is 15.0 Å². The molecule has 5 heteroatoms. The summed E-state index contributed by atoms with van der Waals surface area (Å²) in [6.07, 6.45) is 1.77. The van der Waals surface area contributed by atoms with Gasteiger partial charge in [-0.25, -0.2) is 0 Å². The van der Waals surface area contributed by atoms with Gasteiger partial charge in [0.25, 0.3) is 0 Å². The van der Waals surface area contributed by atoms with E-state index < -0.39 is 5.54 Å². The molecule has 1 atom stereocenters. The first-order chi connectivity index (χ1) is 6.60. The Hall–Kier alpha value is -0.940. The van der Waals surface area contributed by atoms with Crippen LogP contribution in [0.15, 0.2) is 4.52 Å². The summed E-state index contributed by atoms with van der Waals surface area (Å²) in [6.45, 7) is 4.25. The largest absolute Gasteiger partial charge is 0.382 e. The van der Waals surface area contributed by atoms with Gasteiger partial charge in [0.15, 0.2) is 5.82 Å². The van der Waals surface area contributed by atoms with Gasteiger partial charge in [0.1, 0.15) is 5.54 Å². The van der Waals surface area contributed by atoms with E-state index in [2.05, 4.69) is 17.1 Å². The topological polar surface area (TPSA) is 74.2 Å². The summed E-state index contributed by atoms with van der Waals surface area (Å²) in [5.74, 6) is 1.14. The van der Waals surface area contributed by atoms with E-state index in [1.807, 2.05) is 6.92 Å². The Morgan fingerprint density at radius 3 is 2.86 bits per heavy atom. The SMILES string of the molecule is CCCc1nc(C(C)(N)COC)no1. The lowest BCUT2D eigenvalue weighted by molar-refractivity contribution is 0.135. The Morgan fingerprint density at radius 1 is 1.57 bits per heavy atom. The highest BCUT2D eigenvalue weighted by Crippen LogP contribution is 2.14. The van der Waals surface area contributed by atoms with Crippen molar-refractivity contribution in [3.63, 3.8) is 0 Å². The summed E-state index contributed by atoms with van der Waals surface area (Å²) in [6, 6.07) is 0. The lowest BCUT2D eigenvalue weighted by Crippen LogP contribution is -2.39. The van der Waals surface area contributed by atoms with Gasteiger partial charge in [-0.15, -0.1) is 0 Å². The van der Waals surface area contributed by atoms with Crippen LogP contribution >= 0.6 is 0 Å². The van der Waals surface area contributed by atoms with E-state index in [0.717, 1.165) is 12.8 Å². The maximum absolute atomic E-state index is 5.95. The third-order valence-corrected chi connectivity index (χ3v) is 1.89. The summed E-state index contributed by atoms with van der Waals surface area (Å²) in [5, 5.41) is 3.83. The second-order valence-corrected chi connectivity index (χ2v) is 3.61. The number of hydrogen-bond donors (Lipinski definition) is 1. The minimum absolute atomic E-state index is 0.373. The molecule has 0 aliphatic carbocycles. The number of nitrogens with two attached hydrogens (primary N) is 1. The van der Waals surface area contributed by atoms with Gasteiger partial charge in [-0.3, -0.25) is 0 Å². The van der Waals surface area contributed by atoms with Crippen LogP contribution in [0.2, 0.25) is 0 Å². The number of aromatic nitrogens is 2. The lowest BCUT2D eigenvalue weighted by atomic mass is 10.1. The Balaban J connectivity index is 2.74. The number of methoxy groups -OCH3 is 1. The van der Waals surface area contributed by atoms with Gasteiger partial charge in [-0.05, 0) is 13.3 Å². The average Bonchev–Trinajstić information content (AvgIpc) is 2.54. The van der Waals surface area contributed by atoms with Gasteiger partial charge in [0, 0.05) is 13.5 Å². The third-order valence-electron chi connectivity index (χ3n) is 1.89. The number of hydrogen-bond acceptors (Lipinski definition) is 5. The highest BCUT2D eigenvalue weighted by Gasteiger charge is 2.27. The van der Waals surface area contributed by atoms with Crippen molar-refractivity contribution in [2.24, 2.45) is 5.73 Å². The Labute approximate surface area is 83.6 Å². The van der Waals surface area contributed by atoms with Crippen LogP contribution < -0.4 is 5.73 Å². The van der Waals surface area contributed by atoms with Crippen molar-refractivity contribution < 1.29 is 9.26 Å². The molecule has 0 saturated carbocycles. The predicted octanol–water partition coefficient (Wildman–Crippen LogP) is 0.842. The molecule has 5 nitrogen and oxygen atoms in total. The van der Waals surface area contributed by atoms with Crippen LogP contribution in [-0.4, -0.2) is 23.9 Å². The molecule has 1 unspecified atom stereocenters. The van der Waals surface area contributed by atoms with Crippen LogP contribution in [0, 0.1) is 0 Å². The van der Waals surface area contributed by atoms with E-state index in [0.29, 0.717) is 18.3 Å². The molecule has 1 rings (SSSR count). The smallest absolute Gasteiger partial charge is 0.226 e. The normalized spacial score (nSPS) is 15.4. The van der Waals surface area contributed by atoms with Crippen molar-refractivity contribution >= 4 is 0 Å². The van der Waals surface area contributed by atoms with Gasteiger partial charge in [-0.1, -0.05) is 12.1 Å². The molecule has 1 aromatic heterocycles. The van der Waals surface area contributed by atoms with E-state index in [-0.39, 0.29) is 0 Å². The summed E-state index contributed by atoms with van der Waals surface area (Å²) >= 11 is 0. The van der Waals surface area contributed by atoms with Crippen LogP contribution in [0.1, 0.15) is 32.0 Å². The van der Waals surface area contributed by atoms with E-state index >= 15 is 0 Å². The number of rotatable bonds is 5. The highest BCUT2D eigenvalue weighted by molar-refractivity contribution is 5.01. The van der Waals surface area contributed by atoms with Gasteiger partial charge in [0.05, 0.1) is 6.61 Å². The minimum atomic E-state index is -0.676. The van der Waals surface area contributed by atoms with Crippen molar-refractivity contribution in [3.05, 3.63) is 11.7 Å². The molecule has 1 heterocycles. The van der Waals surface area contributed by atoms with E-state index in [1.54, 1.807) is 7.11 Å². The Morgan fingerprint density at radius 2 is 2.29 bits per heavy atom. The molecule has 2 N–H and O–H groups in total. The second kappa shape index (κ2) is 4.52. The van der Waals surface area contributed by atoms with Crippen molar-refractivity contribution in [1.29, 1.82) is 0 Å². The Bertz CT molecular complexity index is 283. The zero-order valence-corrected chi connectivity index (χ0v) is 8.91. The van der Waals surface area contributed by atoms with Gasteiger partial charge in [-0.2, -0.15) is 4.98 Å². The molecule has 0 bridgehead atoms. The van der Waals surface area contributed by atoms with Crippen LogP contribution in [-0.2, 0) is 16.7 Å². The maximum Gasteiger partial charge on any atom is 0.226 e. The zero-order chi connectivity index (χ0) is 10.6. The molecule has 0 aliphatic heterocycles. The first-order valence-corrected chi connectivity index (χ1v) is 4.71. The van der Waals surface area contributed by atoms with Crippen LogP contribution in [0.4, 0.5) is 0 Å². The Kier molecular flexibility index (Phi) is 3.60. The van der Waals surface area contributed by atoms with E-state index in [9.17, 15) is 0 Å². The lowest BCUT2D eigenvalue weighted by Gasteiger charge is -2.18. The van der Waals surface area contributed by atoms with Crippen LogP contribution in [0.3, 0.4) is 0 Å². The second-order valence-electron chi connectivity index (χ2n) is 3.61. The molecular formula is C9H17N3O2. The monoisotopic (exact) mass is 199 g/mol. The summed E-state index contributed by atoms with van der Waals surface area (Å²) in [4.78, 5) is 4.21. The fourth-order valence-electron chi connectivity index (χ4n) is 1.17. The molecule has 0 fully saturated rings. The van der Waals surface area contributed by atoms with Gasteiger partial charge in [0.2, 0.25) is 5.89 Å². The van der Waals surface area contributed by atoms with Crippen molar-refractivity contribution in [2.45, 2.75) is 32.2 Å². The van der Waals surface area contributed by atoms with Crippen LogP contribution in [0.5, 0.6) is 0 Å². The quantitative estimate of drug-likeness (QED) is 0.760. The minimum Gasteiger partial charge on any atom is -0.382 e. The van der Waals surface area contributed by atoms with Gasteiger partial charge < -0.3 is 15.0 Å². The molecule has 0 spiro atoms. The summed E-state index contributed by atoms with van der Waals surface area (Å²) in [5.41, 5.74) is 5.27. The third kappa shape index (κ3) is 2.52. The van der Waals surface area contributed by atoms with Crippen molar-refractivity contribution in [3.8, 4) is 0 Å². The molecule has 80 valence electrons. The molecule has 0 radical (unpaired) electrons. The fourth-order valence-corrected chi connectivity index (χ4v) is 1.17. The van der Waals surface area contributed by atoms with E-state index in [1.165, 1.54) is 0 Å². The van der Waals surface area contributed by atoms with Gasteiger partial charge >= 0.3 is 0 Å². The summed E-state index contributed by atoms with van der Waals surface area (Å²) in [7, 11) is 1.60. The summed E-state index contributed by atoms with van der Waals surface area (Å²) < 4.78 is 10.0. The number of aryl methyl sites for hydroxylation is 1. The molecular weight excluding hydrogens is 182 g/mol. The molecule has 0 amide bonds. The first kappa shape index (κ1) is 11.1. The molecule has 1 aromatic rings. The molecule has 0 saturated heterocycles. The van der Waals surface area contributed by atoms with Crippen LogP contribution in [0.25, 0.3) is 0 Å². The first-order valence-electron chi connectivity index (χ1n) is 4.71. The number of nitrogens with zero attached hydrogens (tertiary/aromatic N) is 2. The number of ether oxygens (including phenoxy) is 1. The van der Waals surface area contributed by atoms with Crippen molar-refractivity contribution in [1.82, 2.24) is 10.1 Å². The zero-order valence-electron chi connectivity index (χ0n) is 8.91. The fraction of sp³-hybridized carbons (Fsp3) is 0.778.